The van der Waals surface area contributed by atoms with E-state index in [-0.39, 0.29) is 80.8 Å². The van der Waals surface area contributed by atoms with Crippen molar-refractivity contribution in [1.29, 1.82) is 0 Å². The van der Waals surface area contributed by atoms with Crippen LogP contribution in [-0.2, 0) is 44.7 Å². The number of nitro groups is 1. The molecular formula is C66H103NO13. The second-order valence-electron chi connectivity index (χ2n) is 21.8. The van der Waals surface area contributed by atoms with E-state index in [0.717, 1.165) is 103 Å². The number of esters is 4. The van der Waals surface area contributed by atoms with Crippen LogP contribution >= 0.6 is 0 Å². The van der Waals surface area contributed by atoms with Gasteiger partial charge in [0.25, 0.3) is 5.69 Å². The highest BCUT2D eigenvalue weighted by molar-refractivity contribution is 5.73. The molecule has 0 radical (unpaired) electrons. The number of carbonyl (C=O) groups excluding carboxylic acids is 5. The smallest absolute Gasteiger partial charge is 0.462 e. The van der Waals surface area contributed by atoms with E-state index in [4.69, 9.17) is 28.4 Å². The Morgan fingerprint density at radius 1 is 0.512 bits per heavy atom. The van der Waals surface area contributed by atoms with Crippen LogP contribution in [0.3, 0.4) is 0 Å². The molecule has 0 bridgehead atoms. The molecule has 1 unspecified atom stereocenters. The molecule has 0 aliphatic carbocycles. The third-order valence-electron chi connectivity index (χ3n) is 14.1. The normalized spacial score (nSPS) is 11.8. The number of benzene rings is 2. The first-order valence-corrected chi connectivity index (χ1v) is 31.0. The lowest BCUT2D eigenvalue weighted by Gasteiger charge is -2.19. The summed E-state index contributed by atoms with van der Waals surface area (Å²) in [6.07, 6.45) is 42.8. The lowest BCUT2D eigenvalue weighted by Crippen LogP contribution is -2.31. The average Bonchev–Trinajstić information content (AvgIpc) is 3.43. The minimum atomic E-state index is -0.962. The van der Waals surface area contributed by atoms with Gasteiger partial charge in [0.1, 0.15) is 31.3 Å². The summed E-state index contributed by atoms with van der Waals surface area (Å²) in [5.74, 6) is -0.883. The molecule has 0 fully saturated rings. The number of carbonyl (C=O) groups is 5. The molecule has 0 saturated carbocycles. The second kappa shape index (κ2) is 47.1. The van der Waals surface area contributed by atoms with E-state index in [1.807, 2.05) is 6.92 Å². The minimum absolute atomic E-state index is 0.0282. The van der Waals surface area contributed by atoms with Crippen LogP contribution in [0.4, 0.5) is 10.5 Å². The van der Waals surface area contributed by atoms with Gasteiger partial charge in [-0.3, -0.25) is 29.3 Å². The predicted octanol–water partition coefficient (Wildman–Crippen LogP) is 18.3. The number of allylic oxidation sites excluding steroid dienone is 4. The topological polar surface area (TPSA) is 184 Å². The number of nitrogens with zero attached hydrogens (tertiary/aromatic N) is 1. The van der Waals surface area contributed by atoms with Crippen LogP contribution in [0, 0.1) is 29.9 Å². The number of non-ortho nitro benzene ring substituents is 1. The maximum Gasteiger partial charge on any atom is 0.514 e. The first-order valence-electron chi connectivity index (χ1n) is 31.0. The molecule has 0 aliphatic heterocycles. The zero-order valence-corrected chi connectivity index (χ0v) is 50.1. The number of hydrogen-bond acceptors (Lipinski definition) is 13. The molecule has 0 amide bonds. The van der Waals surface area contributed by atoms with Crippen LogP contribution in [0.25, 0.3) is 0 Å². The number of nitro benzene ring substituents is 1. The zero-order chi connectivity index (χ0) is 58.3. The predicted molar refractivity (Wildman–Crippen MR) is 318 cm³/mol. The fourth-order valence-electron chi connectivity index (χ4n) is 9.40. The van der Waals surface area contributed by atoms with Crippen molar-refractivity contribution >= 4 is 35.7 Å². The Kier molecular flexibility index (Phi) is 41.6. The standard InChI is InChI=1S/C66H103NO13/c1-6-8-10-12-14-16-18-20-22-24-26-28-30-32-37-41-61(68)75-52-60(53-76-62(69)42-38-33-31-29-27-25-23-21-19-17-15-13-11-9-7-2)78-64(71)48-54(3)40-36-34-35-39-43-63(70)80-65-55(4)49-57(50-56(65)5)51-77-66(72)79-59-46-44-58(45-47-59)67(73)74/h20-23,44-47,49-50,54,60H,6-19,24-43,48,51-53H2,1-5H3/b22-20-,23-21-. The summed E-state index contributed by atoms with van der Waals surface area (Å²) in [7, 11) is 0. The molecule has 0 N–H and O–H groups in total. The fraction of sp³-hybridized carbons (Fsp3) is 0.682. The van der Waals surface area contributed by atoms with Crippen LogP contribution in [0.2, 0.25) is 0 Å². The Morgan fingerprint density at radius 3 is 1.38 bits per heavy atom. The van der Waals surface area contributed by atoms with Crippen molar-refractivity contribution in [2.75, 3.05) is 13.2 Å². The molecule has 0 aromatic heterocycles. The van der Waals surface area contributed by atoms with E-state index >= 15 is 0 Å². The highest BCUT2D eigenvalue weighted by Crippen LogP contribution is 2.27. The summed E-state index contributed by atoms with van der Waals surface area (Å²) in [6.45, 7) is 9.67. The monoisotopic (exact) mass is 1120 g/mol. The molecule has 0 aliphatic rings. The molecule has 14 heteroatoms. The summed E-state index contributed by atoms with van der Waals surface area (Å²) >= 11 is 0. The molecule has 0 spiro atoms. The summed E-state index contributed by atoms with van der Waals surface area (Å²) in [6, 6.07) is 8.59. The van der Waals surface area contributed by atoms with Gasteiger partial charge in [-0.15, -0.1) is 0 Å². The Morgan fingerprint density at radius 2 is 0.925 bits per heavy atom. The van der Waals surface area contributed by atoms with Crippen molar-refractivity contribution in [2.24, 2.45) is 5.92 Å². The second-order valence-corrected chi connectivity index (χ2v) is 21.8. The summed E-state index contributed by atoms with van der Waals surface area (Å²) in [4.78, 5) is 74.0. The Labute approximate surface area is 481 Å². The van der Waals surface area contributed by atoms with Gasteiger partial charge < -0.3 is 28.4 Å². The Bertz CT molecular complexity index is 1990. The Balaban J connectivity index is 1.71. The summed E-state index contributed by atoms with van der Waals surface area (Å²) in [5, 5.41) is 10.9. The molecule has 2 rings (SSSR count). The van der Waals surface area contributed by atoms with Gasteiger partial charge in [0.05, 0.1) is 4.92 Å². The molecule has 14 nitrogen and oxygen atoms in total. The lowest BCUT2D eigenvalue weighted by molar-refractivity contribution is -0.384. The van der Waals surface area contributed by atoms with E-state index in [9.17, 15) is 34.1 Å². The van der Waals surface area contributed by atoms with Gasteiger partial charge in [-0.1, -0.05) is 173 Å². The highest BCUT2D eigenvalue weighted by atomic mass is 16.7. The van der Waals surface area contributed by atoms with Crippen LogP contribution in [0.15, 0.2) is 60.7 Å². The molecule has 450 valence electrons. The van der Waals surface area contributed by atoms with E-state index in [2.05, 4.69) is 38.2 Å². The van der Waals surface area contributed by atoms with Crippen LogP contribution in [-0.4, -0.2) is 54.3 Å². The quantitative estimate of drug-likeness (QED) is 0.00892. The van der Waals surface area contributed by atoms with Gasteiger partial charge >= 0.3 is 30.0 Å². The number of rotatable bonds is 49. The SMILES string of the molecule is CCCCCCCC/C=C\CCCCCCCC(=O)OCC(COC(=O)CCCCCCC/C=C\CCCCCCCC)OC(=O)CC(C)CCCCCCC(=O)Oc1c(C)cc(COC(=O)Oc2ccc([N+](=O)[O-])cc2)cc1C. The van der Waals surface area contributed by atoms with Gasteiger partial charge in [0.15, 0.2) is 6.10 Å². The summed E-state index contributed by atoms with van der Waals surface area (Å²) in [5.41, 5.74) is 1.95. The van der Waals surface area contributed by atoms with Gasteiger partial charge in [-0.05, 0) is 131 Å². The molecule has 1 atom stereocenters. The van der Waals surface area contributed by atoms with Gasteiger partial charge in [0.2, 0.25) is 0 Å². The first-order chi connectivity index (χ1) is 38.8. The summed E-state index contributed by atoms with van der Waals surface area (Å²) < 4.78 is 33.0. The average molecular weight is 1120 g/mol. The van der Waals surface area contributed by atoms with Crippen molar-refractivity contribution in [3.8, 4) is 11.5 Å². The van der Waals surface area contributed by atoms with Gasteiger partial charge in [0, 0.05) is 37.8 Å². The van der Waals surface area contributed by atoms with Crippen molar-refractivity contribution < 1.29 is 57.3 Å². The first kappa shape index (κ1) is 70.6. The van der Waals surface area contributed by atoms with E-state index < -0.39 is 23.2 Å². The maximum atomic E-state index is 13.2. The van der Waals surface area contributed by atoms with Crippen molar-refractivity contribution in [1.82, 2.24) is 0 Å². The third kappa shape index (κ3) is 38.2. The maximum absolute atomic E-state index is 13.2. The number of hydrogen-bond donors (Lipinski definition) is 0. The van der Waals surface area contributed by atoms with E-state index in [1.165, 1.54) is 114 Å². The molecule has 0 heterocycles. The van der Waals surface area contributed by atoms with Crippen LogP contribution < -0.4 is 9.47 Å². The number of ether oxygens (including phenoxy) is 6. The largest absolute Gasteiger partial charge is 0.514 e. The highest BCUT2D eigenvalue weighted by Gasteiger charge is 2.22. The van der Waals surface area contributed by atoms with E-state index in [0.29, 0.717) is 28.9 Å². The van der Waals surface area contributed by atoms with Gasteiger partial charge in [-0.2, -0.15) is 0 Å². The minimum Gasteiger partial charge on any atom is -0.462 e. The van der Waals surface area contributed by atoms with Crippen molar-refractivity contribution in [3.05, 3.63) is 87.5 Å². The van der Waals surface area contributed by atoms with Crippen LogP contribution in [0.1, 0.15) is 262 Å². The number of aryl methyl sites for hydroxylation is 2. The lowest BCUT2D eigenvalue weighted by atomic mass is 9.99. The number of unbranched alkanes of at least 4 members (excludes halogenated alkanes) is 25. The third-order valence-corrected chi connectivity index (χ3v) is 14.1. The molecule has 0 saturated heterocycles. The van der Waals surface area contributed by atoms with E-state index in [1.54, 1.807) is 26.0 Å². The Hall–Kier alpha value is -5.53. The van der Waals surface area contributed by atoms with Crippen LogP contribution in [0.5, 0.6) is 11.5 Å². The van der Waals surface area contributed by atoms with Crippen molar-refractivity contribution in [2.45, 2.75) is 272 Å². The zero-order valence-electron chi connectivity index (χ0n) is 50.1. The fourth-order valence-corrected chi connectivity index (χ4v) is 9.40. The molecular weight excluding hydrogens is 1010 g/mol. The molecule has 2 aromatic rings. The van der Waals surface area contributed by atoms with Crippen molar-refractivity contribution in [3.63, 3.8) is 0 Å². The molecule has 2 aromatic carbocycles. The van der Waals surface area contributed by atoms with Gasteiger partial charge in [-0.25, -0.2) is 4.79 Å². The molecule has 80 heavy (non-hydrogen) atoms.